The second-order valence-electron chi connectivity index (χ2n) is 7.09. The summed E-state index contributed by atoms with van der Waals surface area (Å²) in [4.78, 5) is 15.0. The lowest BCUT2D eigenvalue weighted by molar-refractivity contribution is 0.0856. The van der Waals surface area contributed by atoms with Gasteiger partial charge in [0.2, 0.25) is 0 Å². The number of nitrogens with zero attached hydrogens (tertiary/aromatic N) is 3. The van der Waals surface area contributed by atoms with Gasteiger partial charge in [-0.1, -0.05) is 0 Å². The highest BCUT2D eigenvalue weighted by atomic mass is 16.5. The largest absolute Gasteiger partial charge is 0.381 e. The molecule has 3 saturated heterocycles. The van der Waals surface area contributed by atoms with E-state index in [0.29, 0.717) is 18.0 Å². The normalized spacial score (nSPS) is 28.6. The summed E-state index contributed by atoms with van der Waals surface area (Å²) in [5, 5.41) is 4.94. The number of ether oxygens (including phenoxy) is 1. The van der Waals surface area contributed by atoms with Gasteiger partial charge in [-0.2, -0.15) is 0 Å². The number of hydrogen-bond donors (Lipinski definition) is 2. The van der Waals surface area contributed by atoms with Gasteiger partial charge in [-0.15, -0.1) is 0 Å². The number of rotatable bonds is 2. The van der Waals surface area contributed by atoms with Gasteiger partial charge in [0.15, 0.2) is 0 Å². The molecular formula is C17H23N5O. The highest BCUT2D eigenvalue weighted by Crippen LogP contribution is 2.37. The summed E-state index contributed by atoms with van der Waals surface area (Å²) in [6, 6.07) is 1.23. The van der Waals surface area contributed by atoms with Gasteiger partial charge in [0.1, 0.15) is 17.8 Å². The summed E-state index contributed by atoms with van der Waals surface area (Å²) in [6.45, 7) is 3.83. The predicted molar refractivity (Wildman–Crippen MR) is 88.8 cm³/mol. The number of hydrogen-bond acceptors (Lipinski definition) is 5. The molecule has 3 fully saturated rings. The third kappa shape index (κ3) is 2.32. The minimum Gasteiger partial charge on any atom is -0.381 e. The lowest BCUT2D eigenvalue weighted by Crippen LogP contribution is -2.51. The molecule has 2 atom stereocenters. The third-order valence-corrected chi connectivity index (χ3v) is 5.66. The van der Waals surface area contributed by atoms with Crippen molar-refractivity contribution in [3.05, 3.63) is 18.1 Å². The summed E-state index contributed by atoms with van der Waals surface area (Å²) >= 11 is 0. The molecule has 0 amide bonds. The Balaban J connectivity index is 1.56. The fourth-order valence-corrected chi connectivity index (χ4v) is 4.51. The van der Waals surface area contributed by atoms with Crippen LogP contribution in [0.1, 0.15) is 37.2 Å². The Labute approximate surface area is 135 Å². The van der Waals surface area contributed by atoms with Gasteiger partial charge < -0.3 is 19.9 Å². The maximum Gasteiger partial charge on any atom is 0.143 e. The number of aromatic amines is 1. The van der Waals surface area contributed by atoms with Crippen molar-refractivity contribution in [1.29, 1.82) is 0 Å². The van der Waals surface area contributed by atoms with Crippen LogP contribution < -0.4 is 10.2 Å². The Morgan fingerprint density at radius 2 is 1.83 bits per heavy atom. The Hall–Kier alpha value is -1.66. The molecule has 3 aliphatic heterocycles. The van der Waals surface area contributed by atoms with E-state index in [4.69, 9.17) is 9.72 Å². The van der Waals surface area contributed by atoms with Crippen LogP contribution in [0.2, 0.25) is 0 Å². The molecular weight excluding hydrogens is 290 g/mol. The van der Waals surface area contributed by atoms with Gasteiger partial charge in [0.05, 0.1) is 5.39 Å². The number of nitrogens with one attached hydrogen (secondary N) is 2. The number of fused-ring (bicyclic) bond motifs is 3. The molecule has 6 nitrogen and oxygen atoms in total. The van der Waals surface area contributed by atoms with Gasteiger partial charge >= 0.3 is 0 Å². The predicted octanol–water partition coefficient (Wildman–Crippen LogP) is 1.79. The zero-order chi connectivity index (χ0) is 15.2. The van der Waals surface area contributed by atoms with Crippen LogP contribution in [0.3, 0.4) is 0 Å². The summed E-state index contributed by atoms with van der Waals surface area (Å²) in [5.41, 5.74) is 2.35. The van der Waals surface area contributed by atoms with E-state index in [1.165, 1.54) is 23.8 Å². The molecule has 23 heavy (non-hydrogen) atoms. The van der Waals surface area contributed by atoms with Crippen molar-refractivity contribution in [2.45, 2.75) is 43.7 Å². The molecule has 122 valence electrons. The lowest BCUT2D eigenvalue weighted by Gasteiger charge is -2.34. The molecule has 0 radical (unpaired) electrons. The van der Waals surface area contributed by atoms with E-state index in [1.54, 1.807) is 6.33 Å². The average molecular weight is 313 g/mol. The van der Waals surface area contributed by atoms with E-state index in [1.807, 2.05) is 0 Å². The molecule has 2 unspecified atom stereocenters. The minimum absolute atomic E-state index is 0.557. The van der Waals surface area contributed by atoms with E-state index >= 15 is 0 Å². The van der Waals surface area contributed by atoms with Crippen LogP contribution in [0.4, 0.5) is 5.82 Å². The van der Waals surface area contributed by atoms with Crippen molar-refractivity contribution >= 4 is 16.9 Å². The zero-order valence-corrected chi connectivity index (χ0v) is 13.3. The standard InChI is InChI=1S/C17H23N5O/c1-2-13-9-22(8-12(1)21-13)17-15-14(11-3-5-23-6-4-11)7-18-16(15)19-10-20-17/h7,10-13,21H,1-6,8-9H2,(H,18,19,20). The van der Waals surface area contributed by atoms with E-state index in [2.05, 4.69) is 26.4 Å². The molecule has 0 spiro atoms. The number of H-pyrrole nitrogens is 1. The van der Waals surface area contributed by atoms with Gasteiger partial charge in [0, 0.05) is 44.6 Å². The highest BCUT2D eigenvalue weighted by molar-refractivity contribution is 5.91. The Morgan fingerprint density at radius 1 is 1.04 bits per heavy atom. The van der Waals surface area contributed by atoms with E-state index in [9.17, 15) is 0 Å². The molecule has 2 bridgehead atoms. The fourth-order valence-electron chi connectivity index (χ4n) is 4.51. The van der Waals surface area contributed by atoms with E-state index in [-0.39, 0.29) is 0 Å². The van der Waals surface area contributed by atoms with Crippen molar-refractivity contribution in [1.82, 2.24) is 20.3 Å². The maximum atomic E-state index is 5.53. The zero-order valence-electron chi connectivity index (χ0n) is 13.3. The van der Waals surface area contributed by atoms with Crippen LogP contribution >= 0.6 is 0 Å². The first-order valence-electron chi connectivity index (χ1n) is 8.79. The van der Waals surface area contributed by atoms with Crippen molar-refractivity contribution < 1.29 is 4.74 Å². The number of anilines is 1. The van der Waals surface area contributed by atoms with Crippen LogP contribution in [-0.2, 0) is 4.74 Å². The summed E-state index contributed by atoms with van der Waals surface area (Å²) in [6.07, 6.45) is 8.61. The smallest absolute Gasteiger partial charge is 0.143 e. The number of piperazine rings is 1. The Bertz CT molecular complexity index is 696. The van der Waals surface area contributed by atoms with E-state index < -0.39 is 0 Å². The van der Waals surface area contributed by atoms with Crippen LogP contribution in [0.15, 0.2) is 12.5 Å². The first-order valence-corrected chi connectivity index (χ1v) is 8.79. The van der Waals surface area contributed by atoms with Gasteiger partial charge in [-0.3, -0.25) is 0 Å². The minimum atomic E-state index is 0.557. The first-order chi connectivity index (χ1) is 11.4. The fraction of sp³-hybridized carbons (Fsp3) is 0.647. The van der Waals surface area contributed by atoms with Crippen molar-refractivity contribution in [3.8, 4) is 0 Å². The second-order valence-corrected chi connectivity index (χ2v) is 7.09. The monoisotopic (exact) mass is 313 g/mol. The number of aromatic nitrogens is 3. The maximum absolute atomic E-state index is 5.53. The van der Waals surface area contributed by atoms with Crippen LogP contribution in [0, 0.1) is 0 Å². The topological polar surface area (TPSA) is 66.1 Å². The first kappa shape index (κ1) is 13.7. The molecule has 0 saturated carbocycles. The van der Waals surface area contributed by atoms with Crippen LogP contribution in [0.25, 0.3) is 11.0 Å². The second kappa shape index (κ2) is 5.46. The molecule has 0 aliphatic carbocycles. The molecule has 3 aliphatic rings. The molecule has 5 heterocycles. The summed E-state index contributed by atoms with van der Waals surface area (Å²) in [7, 11) is 0. The summed E-state index contributed by atoms with van der Waals surface area (Å²) in [5.74, 6) is 1.68. The molecule has 5 rings (SSSR count). The van der Waals surface area contributed by atoms with E-state index in [0.717, 1.165) is 50.6 Å². The van der Waals surface area contributed by atoms with Crippen molar-refractivity contribution in [2.24, 2.45) is 0 Å². The van der Waals surface area contributed by atoms with Gasteiger partial charge in [-0.05, 0) is 37.2 Å². The van der Waals surface area contributed by atoms with Crippen molar-refractivity contribution in [3.63, 3.8) is 0 Å². The highest BCUT2D eigenvalue weighted by Gasteiger charge is 2.34. The average Bonchev–Trinajstić information content (AvgIpc) is 3.18. The Morgan fingerprint density at radius 3 is 2.61 bits per heavy atom. The SMILES string of the molecule is c1nc(N2CC3CCC(C2)N3)c2c(C3CCOCC3)c[nH]c2n1. The lowest BCUT2D eigenvalue weighted by atomic mass is 9.92. The quantitative estimate of drug-likeness (QED) is 0.885. The Kier molecular flexibility index (Phi) is 3.26. The van der Waals surface area contributed by atoms with Crippen LogP contribution in [0.5, 0.6) is 0 Å². The molecule has 2 aromatic rings. The molecule has 2 aromatic heterocycles. The van der Waals surface area contributed by atoms with Crippen molar-refractivity contribution in [2.75, 3.05) is 31.2 Å². The molecule has 0 aromatic carbocycles. The molecule has 2 N–H and O–H groups in total. The third-order valence-electron chi connectivity index (χ3n) is 5.66. The van der Waals surface area contributed by atoms with Gasteiger partial charge in [-0.25, -0.2) is 9.97 Å². The van der Waals surface area contributed by atoms with Crippen LogP contribution in [-0.4, -0.2) is 53.3 Å². The molecule has 6 heteroatoms. The summed E-state index contributed by atoms with van der Waals surface area (Å²) < 4.78 is 5.53. The van der Waals surface area contributed by atoms with Gasteiger partial charge in [0.25, 0.3) is 0 Å².